The second-order valence-electron chi connectivity index (χ2n) is 7.64. The number of hydrogen-bond acceptors (Lipinski definition) is 8. The number of carboxylic acids is 1. The molecule has 0 radical (unpaired) electrons. The summed E-state index contributed by atoms with van der Waals surface area (Å²) in [6.07, 6.45) is 3.42. The third-order valence-electron chi connectivity index (χ3n) is 4.91. The largest absolute Gasteiger partial charge is 0.490 e. The standard InChI is InChI=1S/C20H22N6O2S.C2HF3O2/c27-29(28,18-4-2-1-3-5-18)26-17-10-15(11-22-12-17)19-13-23-14-20(25-19)24-16-6-8-21-9-7-16;3-2(4,5)1(6)7/h1-5,10-14,16,21,26H,6-9H2,(H,24,25);(H,6,7). The van der Waals surface area contributed by atoms with Gasteiger partial charge in [-0.05, 0) is 44.1 Å². The molecule has 3 aromatic rings. The van der Waals surface area contributed by atoms with Gasteiger partial charge in [0.2, 0.25) is 0 Å². The summed E-state index contributed by atoms with van der Waals surface area (Å²) in [6, 6.07) is 10.3. The molecule has 192 valence electrons. The maximum absolute atomic E-state index is 12.5. The van der Waals surface area contributed by atoms with Crippen molar-refractivity contribution in [2.75, 3.05) is 23.1 Å². The van der Waals surface area contributed by atoms with E-state index in [9.17, 15) is 21.6 Å². The van der Waals surface area contributed by atoms with Gasteiger partial charge in [0.1, 0.15) is 5.82 Å². The molecule has 14 heteroatoms. The van der Waals surface area contributed by atoms with Gasteiger partial charge < -0.3 is 15.7 Å². The molecule has 0 amide bonds. The van der Waals surface area contributed by atoms with E-state index in [1.54, 1.807) is 55.0 Å². The van der Waals surface area contributed by atoms with Crippen LogP contribution in [-0.4, -0.2) is 59.8 Å². The van der Waals surface area contributed by atoms with Crippen molar-refractivity contribution in [3.8, 4) is 11.3 Å². The zero-order valence-corrected chi connectivity index (χ0v) is 19.6. The number of benzene rings is 1. The lowest BCUT2D eigenvalue weighted by molar-refractivity contribution is -0.192. The summed E-state index contributed by atoms with van der Waals surface area (Å²) in [7, 11) is -3.68. The molecule has 0 bridgehead atoms. The normalized spacial score (nSPS) is 14.3. The van der Waals surface area contributed by atoms with Crippen LogP contribution in [0.25, 0.3) is 11.3 Å². The van der Waals surface area contributed by atoms with Crippen molar-refractivity contribution in [2.24, 2.45) is 0 Å². The number of sulfonamides is 1. The summed E-state index contributed by atoms with van der Waals surface area (Å²) in [5.74, 6) is -2.06. The number of pyridine rings is 1. The van der Waals surface area contributed by atoms with Crippen LogP contribution in [0.4, 0.5) is 24.7 Å². The molecule has 1 aromatic carbocycles. The molecule has 2 aromatic heterocycles. The lowest BCUT2D eigenvalue weighted by Crippen LogP contribution is -2.35. The van der Waals surface area contributed by atoms with Gasteiger partial charge in [0.05, 0.1) is 34.9 Å². The number of nitrogens with zero attached hydrogens (tertiary/aromatic N) is 3. The second kappa shape index (κ2) is 11.8. The number of rotatable bonds is 6. The summed E-state index contributed by atoms with van der Waals surface area (Å²) >= 11 is 0. The van der Waals surface area contributed by atoms with E-state index in [0.29, 0.717) is 28.8 Å². The van der Waals surface area contributed by atoms with Gasteiger partial charge in [-0.25, -0.2) is 18.2 Å². The molecule has 1 saturated heterocycles. The summed E-state index contributed by atoms with van der Waals surface area (Å²) < 4.78 is 59.4. The molecule has 4 rings (SSSR count). The summed E-state index contributed by atoms with van der Waals surface area (Å²) in [5, 5.41) is 13.9. The number of alkyl halides is 3. The first-order valence-corrected chi connectivity index (χ1v) is 12.2. The van der Waals surface area contributed by atoms with Crippen LogP contribution < -0.4 is 15.4 Å². The third-order valence-corrected chi connectivity index (χ3v) is 6.31. The zero-order valence-electron chi connectivity index (χ0n) is 18.7. The number of carboxylic acid groups (broad SMARTS) is 1. The minimum absolute atomic E-state index is 0.193. The van der Waals surface area contributed by atoms with Crippen molar-refractivity contribution < 1.29 is 31.5 Å². The lowest BCUT2D eigenvalue weighted by atomic mass is 10.1. The fraction of sp³-hybridized carbons (Fsp3) is 0.273. The van der Waals surface area contributed by atoms with Crippen molar-refractivity contribution in [3.63, 3.8) is 0 Å². The smallest absolute Gasteiger partial charge is 0.475 e. The molecule has 36 heavy (non-hydrogen) atoms. The number of piperidine rings is 1. The highest BCUT2D eigenvalue weighted by Gasteiger charge is 2.38. The number of anilines is 2. The maximum Gasteiger partial charge on any atom is 0.490 e. The third kappa shape index (κ3) is 7.88. The Kier molecular flexibility index (Phi) is 8.77. The maximum atomic E-state index is 12.5. The number of halogens is 3. The predicted molar refractivity (Wildman–Crippen MR) is 126 cm³/mol. The Hall–Kier alpha value is -3.78. The molecule has 4 N–H and O–H groups in total. The SMILES string of the molecule is O=C(O)C(F)(F)F.O=S(=O)(Nc1cncc(-c2cncc(NC3CCNCC3)n2)c1)c1ccccc1. The Labute approximate surface area is 205 Å². The molecular weight excluding hydrogens is 501 g/mol. The Morgan fingerprint density at radius 2 is 1.67 bits per heavy atom. The summed E-state index contributed by atoms with van der Waals surface area (Å²) in [5.41, 5.74) is 1.67. The van der Waals surface area contributed by atoms with Gasteiger partial charge in [0.25, 0.3) is 10.0 Å². The van der Waals surface area contributed by atoms with E-state index in [4.69, 9.17) is 9.90 Å². The van der Waals surface area contributed by atoms with E-state index >= 15 is 0 Å². The van der Waals surface area contributed by atoms with Crippen LogP contribution in [0.1, 0.15) is 12.8 Å². The molecule has 1 aliphatic rings. The zero-order chi connectivity index (χ0) is 26.2. The van der Waals surface area contributed by atoms with E-state index in [2.05, 4.69) is 30.3 Å². The Morgan fingerprint density at radius 3 is 2.31 bits per heavy atom. The Bertz CT molecular complexity index is 1270. The van der Waals surface area contributed by atoms with Crippen molar-refractivity contribution in [3.05, 3.63) is 61.2 Å². The number of nitrogens with one attached hydrogen (secondary N) is 3. The van der Waals surface area contributed by atoms with Crippen molar-refractivity contribution in [1.82, 2.24) is 20.3 Å². The van der Waals surface area contributed by atoms with Gasteiger partial charge in [-0.15, -0.1) is 0 Å². The minimum Gasteiger partial charge on any atom is -0.475 e. The predicted octanol–water partition coefficient (Wildman–Crippen LogP) is 3.14. The second-order valence-corrected chi connectivity index (χ2v) is 9.32. The minimum atomic E-state index is -5.08. The number of carbonyl (C=O) groups is 1. The topological polar surface area (TPSA) is 146 Å². The van der Waals surface area contributed by atoms with Crippen LogP contribution in [-0.2, 0) is 14.8 Å². The highest BCUT2D eigenvalue weighted by Crippen LogP contribution is 2.23. The van der Waals surface area contributed by atoms with Crippen LogP contribution in [0.5, 0.6) is 0 Å². The number of aromatic nitrogens is 3. The molecule has 0 aliphatic carbocycles. The van der Waals surface area contributed by atoms with Crippen LogP contribution in [0.3, 0.4) is 0 Å². The monoisotopic (exact) mass is 524 g/mol. The number of hydrogen-bond donors (Lipinski definition) is 4. The Morgan fingerprint density at radius 1 is 1.03 bits per heavy atom. The molecule has 0 atom stereocenters. The average molecular weight is 525 g/mol. The van der Waals surface area contributed by atoms with Crippen LogP contribution in [0.2, 0.25) is 0 Å². The lowest BCUT2D eigenvalue weighted by Gasteiger charge is -2.24. The van der Waals surface area contributed by atoms with E-state index in [-0.39, 0.29) is 4.90 Å². The van der Waals surface area contributed by atoms with Gasteiger partial charge in [0.15, 0.2) is 0 Å². The fourth-order valence-electron chi connectivity index (χ4n) is 3.20. The first kappa shape index (κ1) is 26.8. The van der Waals surface area contributed by atoms with Crippen LogP contribution in [0, 0.1) is 0 Å². The summed E-state index contributed by atoms with van der Waals surface area (Å²) in [4.78, 5) is 22.1. The van der Waals surface area contributed by atoms with Gasteiger partial charge in [-0.3, -0.25) is 14.7 Å². The first-order chi connectivity index (χ1) is 17.0. The molecule has 0 saturated carbocycles. The number of aliphatic carboxylic acids is 1. The molecule has 0 spiro atoms. The molecular formula is C22H23F3N6O4S. The quantitative estimate of drug-likeness (QED) is 0.382. The van der Waals surface area contributed by atoms with Crippen molar-refractivity contribution in [1.29, 1.82) is 0 Å². The van der Waals surface area contributed by atoms with Crippen molar-refractivity contribution >= 4 is 27.5 Å². The van der Waals surface area contributed by atoms with Crippen molar-refractivity contribution in [2.45, 2.75) is 30.0 Å². The Balaban J connectivity index is 0.000000454. The summed E-state index contributed by atoms with van der Waals surface area (Å²) in [6.45, 7) is 1.97. The van der Waals surface area contributed by atoms with E-state index in [1.165, 1.54) is 6.20 Å². The molecule has 0 unspecified atom stereocenters. The van der Waals surface area contributed by atoms with E-state index < -0.39 is 22.2 Å². The molecule has 1 aliphatic heterocycles. The van der Waals surface area contributed by atoms with Gasteiger partial charge in [-0.1, -0.05) is 18.2 Å². The van der Waals surface area contributed by atoms with Crippen LogP contribution >= 0.6 is 0 Å². The van der Waals surface area contributed by atoms with Gasteiger partial charge in [0, 0.05) is 17.8 Å². The highest BCUT2D eigenvalue weighted by atomic mass is 32.2. The van der Waals surface area contributed by atoms with E-state index in [0.717, 1.165) is 25.9 Å². The van der Waals surface area contributed by atoms with E-state index in [1.807, 2.05) is 0 Å². The van der Waals surface area contributed by atoms with Crippen LogP contribution in [0.15, 0.2) is 66.1 Å². The molecule has 3 heterocycles. The first-order valence-electron chi connectivity index (χ1n) is 10.7. The fourth-order valence-corrected chi connectivity index (χ4v) is 4.25. The average Bonchev–Trinajstić information content (AvgIpc) is 2.85. The highest BCUT2D eigenvalue weighted by molar-refractivity contribution is 7.92. The molecule has 1 fully saturated rings. The van der Waals surface area contributed by atoms with Gasteiger partial charge in [-0.2, -0.15) is 13.2 Å². The van der Waals surface area contributed by atoms with Gasteiger partial charge >= 0.3 is 12.1 Å². The molecule has 10 nitrogen and oxygen atoms in total.